The molecule has 0 atom stereocenters. The van der Waals surface area contributed by atoms with Gasteiger partial charge in [-0.1, -0.05) is 60.7 Å². The van der Waals surface area contributed by atoms with E-state index in [9.17, 15) is 4.79 Å². The lowest BCUT2D eigenvalue weighted by molar-refractivity contribution is 0.0590. The fourth-order valence-corrected chi connectivity index (χ4v) is 4.88. The third kappa shape index (κ3) is 3.65. The molecule has 1 aliphatic heterocycles. The molecule has 0 radical (unpaired) electrons. The summed E-state index contributed by atoms with van der Waals surface area (Å²) in [4.78, 5) is 17.6. The van der Waals surface area contributed by atoms with Crippen LogP contribution in [-0.4, -0.2) is 52.1 Å². The van der Waals surface area contributed by atoms with E-state index in [0.717, 1.165) is 56.7 Å². The first kappa shape index (κ1) is 19.1. The first-order valence-electron chi connectivity index (χ1n) is 11.0. The first-order chi connectivity index (χ1) is 14.8. The highest BCUT2D eigenvalue weighted by Gasteiger charge is 2.31. The molecular formula is C25H28N4O. The van der Waals surface area contributed by atoms with Gasteiger partial charge < -0.3 is 4.90 Å². The van der Waals surface area contributed by atoms with Crippen molar-refractivity contribution in [2.75, 3.05) is 26.2 Å². The van der Waals surface area contributed by atoms with Crippen molar-refractivity contribution >= 4 is 5.91 Å². The van der Waals surface area contributed by atoms with Gasteiger partial charge in [0.15, 0.2) is 5.69 Å². The summed E-state index contributed by atoms with van der Waals surface area (Å²) in [6.45, 7) is 3.17. The van der Waals surface area contributed by atoms with Crippen molar-refractivity contribution in [3.8, 4) is 0 Å². The highest BCUT2D eigenvalue weighted by Crippen LogP contribution is 2.30. The van der Waals surface area contributed by atoms with Crippen LogP contribution in [0.25, 0.3) is 0 Å². The van der Waals surface area contributed by atoms with Gasteiger partial charge in [-0.15, -0.1) is 0 Å². The number of nitrogens with one attached hydrogen (secondary N) is 1. The molecular weight excluding hydrogens is 372 g/mol. The largest absolute Gasteiger partial charge is 0.335 e. The van der Waals surface area contributed by atoms with Crippen LogP contribution in [0.3, 0.4) is 0 Å². The van der Waals surface area contributed by atoms with Gasteiger partial charge in [-0.3, -0.25) is 14.8 Å². The normalized spacial score (nSPS) is 17.2. The molecule has 3 aromatic rings. The molecule has 1 aliphatic carbocycles. The van der Waals surface area contributed by atoms with Gasteiger partial charge in [0.1, 0.15) is 0 Å². The second-order valence-electron chi connectivity index (χ2n) is 8.29. The smallest absolute Gasteiger partial charge is 0.274 e. The molecule has 1 fully saturated rings. The van der Waals surface area contributed by atoms with Crippen molar-refractivity contribution in [1.82, 2.24) is 20.0 Å². The van der Waals surface area contributed by atoms with E-state index in [4.69, 9.17) is 0 Å². The number of aryl methyl sites for hydroxylation is 1. The molecule has 5 rings (SSSR count). The quantitative estimate of drug-likeness (QED) is 0.724. The molecule has 0 bridgehead atoms. The van der Waals surface area contributed by atoms with E-state index in [-0.39, 0.29) is 11.9 Å². The Morgan fingerprint density at radius 1 is 0.833 bits per heavy atom. The lowest BCUT2D eigenvalue weighted by Crippen LogP contribution is -2.50. The fraction of sp³-hybridized carbons (Fsp3) is 0.360. The van der Waals surface area contributed by atoms with Crippen molar-refractivity contribution in [1.29, 1.82) is 0 Å². The summed E-state index contributed by atoms with van der Waals surface area (Å²) in [5.41, 5.74) is 5.56. The molecule has 5 heteroatoms. The molecule has 0 saturated carbocycles. The topological polar surface area (TPSA) is 52.2 Å². The molecule has 0 unspecified atom stereocenters. The number of nitrogens with zero attached hydrogens (tertiary/aromatic N) is 3. The van der Waals surface area contributed by atoms with Crippen molar-refractivity contribution in [3.05, 3.63) is 88.7 Å². The molecule has 5 nitrogen and oxygen atoms in total. The average Bonchev–Trinajstić information content (AvgIpc) is 3.25. The van der Waals surface area contributed by atoms with Gasteiger partial charge >= 0.3 is 0 Å². The number of carbonyl (C=O) groups excluding carboxylic acids is 1. The molecule has 154 valence electrons. The predicted molar refractivity (Wildman–Crippen MR) is 117 cm³/mol. The maximum atomic E-state index is 13.2. The van der Waals surface area contributed by atoms with E-state index in [1.807, 2.05) is 4.90 Å². The fourth-order valence-electron chi connectivity index (χ4n) is 4.88. The Bertz CT molecular complexity index is 951. The summed E-state index contributed by atoms with van der Waals surface area (Å²) in [5.74, 6) is 0.0880. The average molecular weight is 401 g/mol. The van der Waals surface area contributed by atoms with Gasteiger partial charge in [0.2, 0.25) is 0 Å². The van der Waals surface area contributed by atoms with Crippen LogP contribution in [0, 0.1) is 0 Å². The minimum absolute atomic E-state index is 0.0880. The second-order valence-corrected chi connectivity index (χ2v) is 8.29. The Hall–Kier alpha value is -2.92. The SMILES string of the molecule is O=C(c1n[nH]c2c1CCCC2)N1CCN(C(c2ccccc2)c2ccccc2)CC1. The van der Waals surface area contributed by atoms with E-state index in [1.165, 1.54) is 17.5 Å². The Balaban J connectivity index is 1.33. The lowest BCUT2D eigenvalue weighted by Gasteiger charge is -2.39. The number of hydrogen-bond acceptors (Lipinski definition) is 3. The van der Waals surface area contributed by atoms with Gasteiger partial charge in [0.25, 0.3) is 5.91 Å². The maximum absolute atomic E-state index is 13.2. The monoisotopic (exact) mass is 400 g/mol. The lowest BCUT2D eigenvalue weighted by atomic mass is 9.95. The van der Waals surface area contributed by atoms with Gasteiger partial charge in [-0.2, -0.15) is 5.10 Å². The van der Waals surface area contributed by atoms with Gasteiger partial charge in [-0.05, 0) is 36.8 Å². The molecule has 1 N–H and O–H groups in total. The molecule has 1 saturated heterocycles. The number of benzene rings is 2. The van der Waals surface area contributed by atoms with Gasteiger partial charge in [-0.25, -0.2) is 0 Å². The highest BCUT2D eigenvalue weighted by molar-refractivity contribution is 5.94. The van der Waals surface area contributed by atoms with Crippen LogP contribution in [0.15, 0.2) is 60.7 Å². The van der Waals surface area contributed by atoms with Crippen LogP contribution < -0.4 is 0 Å². The van der Waals surface area contributed by atoms with Crippen molar-refractivity contribution < 1.29 is 4.79 Å². The van der Waals surface area contributed by atoms with E-state index >= 15 is 0 Å². The van der Waals surface area contributed by atoms with Crippen LogP contribution in [-0.2, 0) is 12.8 Å². The molecule has 1 aromatic heterocycles. The first-order valence-corrected chi connectivity index (χ1v) is 11.0. The third-order valence-corrected chi connectivity index (χ3v) is 6.46. The number of carbonyl (C=O) groups is 1. The molecule has 2 heterocycles. The summed E-state index contributed by atoms with van der Waals surface area (Å²) in [7, 11) is 0. The number of fused-ring (bicyclic) bond motifs is 1. The molecule has 2 aromatic carbocycles. The Labute approximate surface area is 177 Å². The highest BCUT2D eigenvalue weighted by atomic mass is 16.2. The number of aromatic amines is 1. The van der Waals surface area contributed by atoms with Crippen LogP contribution in [0.4, 0.5) is 0 Å². The Morgan fingerprint density at radius 2 is 1.43 bits per heavy atom. The van der Waals surface area contributed by atoms with E-state index in [2.05, 4.69) is 75.8 Å². The van der Waals surface area contributed by atoms with Crippen LogP contribution >= 0.6 is 0 Å². The zero-order valence-corrected chi connectivity index (χ0v) is 17.3. The molecule has 1 amide bonds. The van der Waals surface area contributed by atoms with Crippen LogP contribution in [0.1, 0.15) is 51.8 Å². The third-order valence-electron chi connectivity index (χ3n) is 6.46. The van der Waals surface area contributed by atoms with Crippen molar-refractivity contribution in [3.63, 3.8) is 0 Å². The van der Waals surface area contributed by atoms with E-state index in [0.29, 0.717) is 5.69 Å². The van der Waals surface area contributed by atoms with Crippen LogP contribution in [0.2, 0.25) is 0 Å². The second kappa shape index (κ2) is 8.44. The molecule has 0 spiro atoms. The van der Waals surface area contributed by atoms with Crippen molar-refractivity contribution in [2.45, 2.75) is 31.7 Å². The Kier molecular flexibility index (Phi) is 5.37. The number of amides is 1. The minimum atomic E-state index is 0.0880. The number of rotatable bonds is 4. The molecule has 30 heavy (non-hydrogen) atoms. The van der Waals surface area contributed by atoms with Crippen molar-refractivity contribution in [2.24, 2.45) is 0 Å². The maximum Gasteiger partial charge on any atom is 0.274 e. The number of aromatic nitrogens is 2. The summed E-state index contributed by atoms with van der Waals surface area (Å²) >= 11 is 0. The predicted octanol–water partition coefficient (Wildman–Crippen LogP) is 3.84. The summed E-state index contributed by atoms with van der Waals surface area (Å²) < 4.78 is 0. The van der Waals surface area contributed by atoms with Gasteiger partial charge in [0.05, 0.1) is 6.04 Å². The summed E-state index contributed by atoms with van der Waals surface area (Å²) in [6, 6.07) is 21.5. The zero-order chi connectivity index (χ0) is 20.3. The van der Waals surface area contributed by atoms with E-state index < -0.39 is 0 Å². The zero-order valence-electron chi connectivity index (χ0n) is 17.3. The summed E-state index contributed by atoms with van der Waals surface area (Å²) in [6.07, 6.45) is 4.31. The van der Waals surface area contributed by atoms with E-state index in [1.54, 1.807) is 0 Å². The van der Waals surface area contributed by atoms with Crippen LogP contribution in [0.5, 0.6) is 0 Å². The summed E-state index contributed by atoms with van der Waals surface area (Å²) in [5, 5.41) is 7.50. The van der Waals surface area contributed by atoms with Gasteiger partial charge in [0, 0.05) is 37.4 Å². The number of piperazine rings is 1. The number of H-pyrrole nitrogens is 1. The minimum Gasteiger partial charge on any atom is -0.335 e. The standard InChI is InChI=1S/C25H28N4O/c30-25(23-21-13-7-8-14-22(21)26-27-23)29-17-15-28(16-18-29)24(19-9-3-1-4-10-19)20-11-5-2-6-12-20/h1-6,9-12,24H,7-8,13-18H2,(H,26,27). The Morgan fingerprint density at radius 3 is 2.07 bits per heavy atom. The number of hydrogen-bond donors (Lipinski definition) is 1. The molecule has 2 aliphatic rings.